The molecule has 2 aromatic rings. The van der Waals surface area contributed by atoms with E-state index in [0.717, 1.165) is 5.56 Å². The highest BCUT2D eigenvalue weighted by Crippen LogP contribution is 2.21. The third-order valence-electron chi connectivity index (χ3n) is 2.61. The second kappa shape index (κ2) is 5.30. The average Bonchev–Trinajstić information content (AvgIpc) is 2.40. The fourth-order valence-electron chi connectivity index (χ4n) is 1.60. The fourth-order valence-corrected chi connectivity index (χ4v) is 1.60. The van der Waals surface area contributed by atoms with Gasteiger partial charge in [0.25, 0.3) is 5.91 Å². The number of phenolic OH excluding ortho intramolecular Hbond substituents is 3. The predicted molar refractivity (Wildman–Crippen MR) is 69.0 cm³/mol. The number of phenols is 3. The van der Waals surface area contributed by atoms with Crippen molar-refractivity contribution in [2.75, 3.05) is 0 Å². The summed E-state index contributed by atoms with van der Waals surface area (Å²) in [4.78, 5) is 11.8. The summed E-state index contributed by atoms with van der Waals surface area (Å²) in [6, 6.07) is 10.1. The standard InChI is InChI=1S/C14H13NO4/c16-10-3-1-9(2-4-10)8-15-14(19)12-7-11(17)5-6-13(12)18/h1-7,16-18H,8H2,(H,15,19). The molecule has 4 N–H and O–H groups in total. The van der Waals surface area contributed by atoms with Gasteiger partial charge in [0.05, 0.1) is 5.56 Å². The summed E-state index contributed by atoms with van der Waals surface area (Å²) in [5.74, 6) is -0.615. The van der Waals surface area contributed by atoms with Crippen LogP contribution in [0.2, 0.25) is 0 Å². The molecule has 0 aromatic heterocycles. The molecule has 0 aliphatic carbocycles. The molecule has 5 nitrogen and oxygen atoms in total. The SMILES string of the molecule is O=C(NCc1ccc(O)cc1)c1cc(O)ccc1O. The van der Waals surface area contributed by atoms with Crippen LogP contribution < -0.4 is 5.32 Å². The lowest BCUT2D eigenvalue weighted by atomic mass is 10.1. The van der Waals surface area contributed by atoms with E-state index in [-0.39, 0.29) is 29.4 Å². The number of nitrogens with one attached hydrogen (secondary N) is 1. The third-order valence-corrected chi connectivity index (χ3v) is 2.61. The lowest BCUT2D eigenvalue weighted by Gasteiger charge is -2.07. The summed E-state index contributed by atoms with van der Waals surface area (Å²) in [5, 5.41) is 30.6. The third kappa shape index (κ3) is 3.16. The second-order valence-electron chi connectivity index (χ2n) is 4.05. The van der Waals surface area contributed by atoms with Crippen LogP contribution in [0.25, 0.3) is 0 Å². The van der Waals surface area contributed by atoms with Gasteiger partial charge in [-0.2, -0.15) is 0 Å². The van der Waals surface area contributed by atoms with E-state index in [1.807, 2.05) is 0 Å². The van der Waals surface area contributed by atoms with Crippen molar-refractivity contribution in [3.8, 4) is 17.2 Å². The van der Waals surface area contributed by atoms with Crippen molar-refractivity contribution in [1.29, 1.82) is 0 Å². The van der Waals surface area contributed by atoms with E-state index < -0.39 is 5.91 Å². The van der Waals surface area contributed by atoms with Crippen LogP contribution in [-0.2, 0) is 6.54 Å². The lowest BCUT2D eigenvalue weighted by Crippen LogP contribution is -2.22. The number of hydrogen-bond donors (Lipinski definition) is 4. The first kappa shape index (κ1) is 12.8. The molecule has 1 amide bonds. The smallest absolute Gasteiger partial charge is 0.255 e. The van der Waals surface area contributed by atoms with Crippen LogP contribution in [0.1, 0.15) is 15.9 Å². The molecule has 0 radical (unpaired) electrons. The Bertz CT molecular complexity index is 593. The summed E-state index contributed by atoms with van der Waals surface area (Å²) in [5.41, 5.74) is 0.824. The van der Waals surface area contributed by atoms with Crippen LogP contribution in [0.5, 0.6) is 17.2 Å². The second-order valence-corrected chi connectivity index (χ2v) is 4.05. The van der Waals surface area contributed by atoms with Crippen LogP contribution in [0.4, 0.5) is 0 Å². The van der Waals surface area contributed by atoms with Gasteiger partial charge in [0, 0.05) is 6.54 Å². The highest BCUT2D eigenvalue weighted by molar-refractivity contribution is 5.97. The highest BCUT2D eigenvalue weighted by atomic mass is 16.3. The summed E-state index contributed by atoms with van der Waals surface area (Å²) in [6.45, 7) is 0.258. The topological polar surface area (TPSA) is 89.8 Å². The van der Waals surface area contributed by atoms with Crippen LogP contribution >= 0.6 is 0 Å². The average molecular weight is 259 g/mol. The van der Waals surface area contributed by atoms with Gasteiger partial charge in [0.1, 0.15) is 17.2 Å². The number of carbonyl (C=O) groups excluding carboxylic acids is 1. The molecule has 2 rings (SSSR count). The molecule has 2 aromatic carbocycles. The van der Waals surface area contributed by atoms with Gasteiger partial charge in [0.2, 0.25) is 0 Å². The first-order chi connectivity index (χ1) is 9.06. The molecule has 98 valence electrons. The fraction of sp³-hybridized carbons (Fsp3) is 0.0714. The molecule has 0 bridgehead atoms. The van der Waals surface area contributed by atoms with Crippen LogP contribution in [0.15, 0.2) is 42.5 Å². The van der Waals surface area contributed by atoms with E-state index in [0.29, 0.717) is 0 Å². The Morgan fingerprint density at radius 2 is 1.58 bits per heavy atom. The summed E-state index contributed by atoms with van der Waals surface area (Å²) < 4.78 is 0. The molecule has 0 spiro atoms. The van der Waals surface area contributed by atoms with Crippen LogP contribution in [-0.4, -0.2) is 21.2 Å². The van der Waals surface area contributed by atoms with Gasteiger partial charge in [-0.3, -0.25) is 4.79 Å². The number of rotatable bonds is 3. The Kier molecular flexibility index (Phi) is 3.56. The molecule has 0 atom stereocenters. The molecule has 0 aliphatic rings. The van der Waals surface area contributed by atoms with E-state index in [4.69, 9.17) is 5.11 Å². The molecular formula is C14H13NO4. The Morgan fingerprint density at radius 3 is 2.26 bits per heavy atom. The van der Waals surface area contributed by atoms with E-state index in [9.17, 15) is 15.0 Å². The van der Waals surface area contributed by atoms with E-state index in [1.165, 1.54) is 30.3 Å². The minimum atomic E-state index is -0.485. The van der Waals surface area contributed by atoms with Gasteiger partial charge in [-0.25, -0.2) is 0 Å². The molecular weight excluding hydrogens is 246 g/mol. The Morgan fingerprint density at radius 1 is 0.947 bits per heavy atom. The maximum Gasteiger partial charge on any atom is 0.255 e. The van der Waals surface area contributed by atoms with Crippen LogP contribution in [0, 0.1) is 0 Å². The minimum absolute atomic E-state index is 0.0128. The zero-order chi connectivity index (χ0) is 13.8. The lowest BCUT2D eigenvalue weighted by molar-refractivity contribution is 0.0948. The zero-order valence-electron chi connectivity index (χ0n) is 10.00. The van der Waals surface area contributed by atoms with Gasteiger partial charge in [0.15, 0.2) is 0 Å². The first-order valence-corrected chi connectivity index (χ1v) is 5.64. The molecule has 0 saturated carbocycles. The Balaban J connectivity index is 2.05. The Hall–Kier alpha value is -2.69. The van der Waals surface area contributed by atoms with Gasteiger partial charge >= 0.3 is 0 Å². The molecule has 0 fully saturated rings. The molecule has 0 heterocycles. The van der Waals surface area contributed by atoms with E-state index >= 15 is 0 Å². The molecule has 0 saturated heterocycles. The Labute approximate surface area is 109 Å². The first-order valence-electron chi connectivity index (χ1n) is 5.64. The zero-order valence-corrected chi connectivity index (χ0v) is 10.00. The van der Waals surface area contributed by atoms with Crippen molar-refractivity contribution in [3.05, 3.63) is 53.6 Å². The molecule has 5 heteroatoms. The summed E-state index contributed by atoms with van der Waals surface area (Å²) >= 11 is 0. The van der Waals surface area contributed by atoms with Crippen molar-refractivity contribution in [1.82, 2.24) is 5.32 Å². The number of hydrogen-bond acceptors (Lipinski definition) is 4. The highest BCUT2D eigenvalue weighted by Gasteiger charge is 2.11. The maximum atomic E-state index is 11.8. The van der Waals surface area contributed by atoms with Crippen molar-refractivity contribution >= 4 is 5.91 Å². The monoisotopic (exact) mass is 259 g/mol. The van der Waals surface area contributed by atoms with Crippen LogP contribution in [0.3, 0.4) is 0 Å². The molecule has 0 aliphatic heterocycles. The molecule has 0 unspecified atom stereocenters. The van der Waals surface area contributed by atoms with E-state index in [2.05, 4.69) is 5.32 Å². The van der Waals surface area contributed by atoms with Crippen molar-refractivity contribution in [3.63, 3.8) is 0 Å². The minimum Gasteiger partial charge on any atom is -0.508 e. The van der Waals surface area contributed by atoms with Gasteiger partial charge in [-0.15, -0.1) is 0 Å². The number of amides is 1. The number of benzene rings is 2. The number of carbonyl (C=O) groups is 1. The normalized spacial score (nSPS) is 10.1. The predicted octanol–water partition coefficient (Wildman–Crippen LogP) is 1.73. The van der Waals surface area contributed by atoms with Gasteiger partial charge in [-0.05, 0) is 35.9 Å². The van der Waals surface area contributed by atoms with Crippen molar-refractivity contribution < 1.29 is 20.1 Å². The maximum absolute atomic E-state index is 11.8. The summed E-state index contributed by atoms with van der Waals surface area (Å²) in [6.07, 6.45) is 0. The van der Waals surface area contributed by atoms with Crippen molar-refractivity contribution in [2.24, 2.45) is 0 Å². The quantitative estimate of drug-likeness (QED) is 0.632. The summed E-state index contributed by atoms with van der Waals surface area (Å²) in [7, 11) is 0. The largest absolute Gasteiger partial charge is 0.508 e. The van der Waals surface area contributed by atoms with Gasteiger partial charge < -0.3 is 20.6 Å². The number of aromatic hydroxyl groups is 3. The van der Waals surface area contributed by atoms with Gasteiger partial charge in [-0.1, -0.05) is 12.1 Å². The van der Waals surface area contributed by atoms with Crippen molar-refractivity contribution in [2.45, 2.75) is 6.54 Å². The van der Waals surface area contributed by atoms with E-state index in [1.54, 1.807) is 12.1 Å². The molecule has 19 heavy (non-hydrogen) atoms.